The number of benzene rings is 1. The lowest BCUT2D eigenvalue weighted by Gasteiger charge is -2.17. The van der Waals surface area contributed by atoms with Crippen LogP contribution in [-0.2, 0) is 16.1 Å². The molecule has 1 saturated heterocycles. The van der Waals surface area contributed by atoms with Crippen molar-refractivity contribution in [3.8, 4) is 0 Å². The van der Waals surface area contributed by atoms with Crippen LogP contribution in [0.4, 0.5) is 5.69 Å². The van der Waals surface area contributed by atoms with Gasteiger partial charge in [-0.25, -0.2) is 0 Å². The predicted molar refractivity (Wildman–Crippen MR) is 83.2 cm³/mol. The fraction of sp³-hybridized carbons (Fsp3) is 0.529. The SMILES string of the molecule is O=C(NCc1ccc(N2CCCC2=O)cc1)C1CCCC1O. The number of hydrogen-bond donors (Lipinski definition) is 2. The molecule has 1 aromatic rings. The summed E-state index contributed by atoms with van der Waals surface area (Å²) in [5, 5.41) is 12.6. The second kappa shape index (κ2) is 6.48. The van der Waals surface area contributed by atoms with Crippen molar-refractivity contribution < 1.29 is 14.7 Å². The van der Waals surface area contributed by atoms with Gasteiger partial charge in [0.1, 0.15) is 0 Å². The van der Waals surface area contributed by atoms with E-state index in [1.807, 2.05) is 24.3 Å². The maximum absolute atomic E-state index is 12.0. The second-order valence-corrected chi connectivity index (χ2v) is 6.14. The predicted octanol–water partition coefficient (Wildman–Crippen LogP) is 1.59. The molecule has 2 fully saturated rings. The molecule has 0 bridgehead atoms. The fourth-order valence-corrected chi connectivity index (χ4v) is 3.28. The summed E-state index contributed by atoms with van der Waals surface area (Å²) in [7, 11) is 0. The molecule has 2 unspecified atom stereocenters. The molecule has 2 N–H and O–H groups in total. The van der Waals surface area contributed by atoms with Gasteiger partial charge in [-0.2, -0.15) is 0 Å². The van der Waals surface area contributed by atoms with Crippen molar-refractivity contribution >= 4 is 17.5 Å². The number of hydrogen-bond acceptors (Lipinski definition) is 3. The van der Waals surface area contributed by atoms with Crippen LogP contribution in [0.3, 0.4) is 0 Å². The van der Waals surface area contributed by atoms with Gasteiger partial charge in [-0.05, 0) is 43.4 Å². The van der Waals surface area contributed by atoms with Crippen LogP contribution in [0.2, 0.25) is 0 Å². The highest BCUT2D eigenvalue weighted by Gasteiger charge is 2.31. The Morgan fingerprint density at radius 3 is 2.59 bits per heavy atom. The average Bonchev–Trinajstić information content (AvgIpc) is 3.14. The maximum Gasteiger partial charge on any atom is 0.227 e. The number of rotatable bonds is 4. The molecule has 2 aliphatic rings. The normalized spacial score (nSPS) is 24.8. The minimum atomic E-state index is -0.497. The van der Waals surface area contributed by atoms with Crippen molar-refractivity contribution in [2.45, 2.75) is 44.8 Å². The first-order chi connectivity index (χ1) is 10.6. The van der Waals surface area contributed by atoms with Crippen LogP contribution in [0.25, 0.3) is 0 Å². The van der Waals surface area contributed by atoms with Crippen molar-refractivity contribution in [2.75, 3.05) is 11.4 Å². The van der Waals surface area contributed by atoms with E-state index in [2.05, 4.69) is 5.32 Å². The van der Waals surface area contributed by atoms with Crippen LogP contribution >= 0.6 is 0 Å². The minimum absolute atomic E-state index is 0.0659. The first-order valence-corrected chi connectivity index (χ1v) is 8.00. The summed E-state index contributed by atoms with van der Waals surface area (Å²) in [6.07, 6.45) is 3.45. The zero-order valence-corrected chi connectivity index (χ0v) is 12.6. The third-order valence-electron chi connectivity index (χ3n) is 4.60. The van der Waals surface area contributed by atoms with E-state index in [9.17, 15) is 14.7 Å². The molecule has 0 aromatic heterocycles. The minimum Gasteiger partial charge on any atom is -0.392 e. The molecule has 118 valence electrons. The summed E-state index contributed by atoms with van der Waals surface area (Å²) in [6.45, 7) is 1.24. The number of nitrogens with zero attached hydrogens (tertiary/aromatic N) is 1. The first kappa shape index (κ1) is 15.0. The molecule has 22 heavy (non-hydrogen) atoms. The molecule has 1 heterocycles. The molecule has 5 heteroatoms. The van der Waals surface area contributed by atoms with Crippen LogP contribution in [-0.4, -0.2) is 29.6 Å². The van der Waals surface area contributed by atoms with Gasteiger partial charge in [-0.3, -0.25) is 9.59 Å². The van der Waals surface area contributed by atoms with Crippen LogP contribution < -0.4 is 10.2 Å². The molecule has 2 atom stereocenters. The topological polar surface area (TPSA) is 69.6 Å². The first-order valence-electron chi connectivity index (χ1n) is 8.00. The molecule has 1 saturated carbocycles. The van der Waals surface area contributed by atoms with Crippen molar-refractivity contribution in [3.05, 3.63) is 29.8 Å². The summed E-state index contributed by atoms with van der Waals surface area (Å²) in [6, 6.07) is 7.73. The Bertz CT molecular complexity index is 556. The number of anilines is 1. The summed E-state index contributed by atoms with van der Waals surface area (Å²) >= 11 is 0. The lowest BCUT2D eigenvalue weighted by molar-refractivity contribution is -0.127. The largest absolute Gasteiger partial charge is 0.392 e. The number of amides is 2. The lowest BCUT2D eigenvalue weighted by atomic mass is 10.1. The van der Waals surface area contributed by atoms with E-state index in [1.54, 1.807) is 4.90 Å². The molecular weight excluding hydrogens is 280 g/mol. The Morgan fingerprint density at radius 2 is 2.00 bits per heavy atom. The molecule has 1 aromatic carbocycles. The van der Waals surface area contributed by atoms with Crippen molar-refractivity contribution in [3.63, 3.8) is 0 Å². The van der Waals surface area contributed by atoms with Crippen LogP contribution in [0.5, 0.6) is 0 Å². The van der Waals surface area contributed by atoms with Crippen molar-refractivity contribution in [1.82, 2.24) is 5.32 Å². The van der Waals surface area contributed by atoms with Gasteiger partial charge in [-0.15, -0.1) is 0 Å². The molecule has 3 rings (SSSR count). The van der Waals surface area contributed by atoms with Gasteiger partial charge in [0.25, 0.3) is 0 Å². The Hall–Kier alpha value is -1.88. The van der Waals surface area contributed by atoms with Gasteiger partial charge in [0.05, 0.1) is 12.0 Å². The van der Waals surface area contributed by atoms with Crippen molar-refractivity contribution in [1.29, 1.82) is 0 Å². The van der Waals surface area contributed by atoms with Gasteiger partial charge < -0.3 is 15.3 Å². The number of carbonyl (C=O) groups is 2. The van der Waals surface area contributed by atoms with Crippen molar-refractivity contribution in [2.24, 2.45) is 5.92 Å². The summed E-state index contributed by atoms with van der Waals surface area (Å²) in [5.74, 6) is -0.151. The summed E-state index contributed by atoms with van der Waals surface area (Å²) < 4.78 is 0. The molecule has 5 nitrogen and oxygen atoms in total. The highest BCUT2D eigenvalue weighted by atomic mass is 16.3. The van der Waals surface area contributed by atoms with Gasteiger partial charge in [0.2, 0.25) is 11.8 Å². The molecular formula is C17H22N2O3. The lowest BCUT2D eigenvalue weighted by Crippen LogP contribution is -2.34. The van der Waals surface area contributed by atoms with E-state index in [4.69, 9.17) is 0 Å². The standard InChI is InChI=1S/C17H22N2O3/c20-15-4-1-3-14(15)17(22)18-11-12-6-8-13(9-7-12)19-10-2-5-16(19)21/h6-9,14-15,20H,1-5,10-11H2,(H,18,22). The van der Waals surface area contributed by atoms with E-state index in [-0.39, 0.29) is 17.7 Å². The Morgan fingerprint density at radius 1 is 1.23 bits per heavy atom. The maximum atomic E-state index is 12.0. The Balaban J connectivity index is 1.55. The monoisotopic (exact) mass is 302 g/mol. The van der Waals surface area contributed by atoms with Crippen LogP contribution in [0, 0.1) is 5.92 Å². The number of aliphatic hydroxyl groups excluding tert-OH is 1. The molecule has 0 radical (unpaired) electrons. The van der Waals surface area contributed by atoms with E-state index < -0.39 is 6.10 Å². The number of aliphatic hydroxyl groups is 1. The third-order valence-corrected chi connectivity index (χ3v) is 4.60. The van der Waals surface area contributed by atoms with Gasteiger partial charge in [0, 0.05) is 25.2 Å². The second-order valence-electron chi connectivity index (χ2n) is 6.14. The summed E-state index contributed by atoms with van der Waals surface area (Å²) in [4.78, 5) is 25.5. The summed E-state index contributed by atoms with van der Waals surface area (Å²) in [5.41, 5.74) is 1.92. The fourth-order valence-electron chi connectivity index (χ4n) is 3.28. The molecule has 1 aliphatic carbocycles. The zero-order valence-electron chi connectivity index (χ0n) is 12.6. The van der Waals surface area contributed by atoms with E-state index in [0.29, 0.717) is 13.0 Å². The van der Waals surface area contributed by atoms with Crippen LogP contribution in [0.1, 0.15) is 37.7 Å². The molecule has 1 aliphatic heterocycles. The van der Waals surface area contributed by atoms with E-state index >= 15 is 0 Å². The van der Waals surface area contributed by atoms with Crippen LogP contribution in [0.15, 0.2) is 24.3 Å². The zero-order chi connectivity index (χ0) is 15.5. The third kappa shape index (κ3) is 3.14. The average molecular weight is 302 g/mol. The van der Waals surface area contributed by atoms with E-state index in [0.717, 1.165) is 43.5 Å². The van der Waals surface area contributed by atoms with E-state index in [1.165, 1.54) is 0 Å². The quantitative estimate of drug-likeness (QED) is 0.887. The Labute approximate surface area is 130 Å². The Kier molecular flexibility index (Phi) is 4.43. The highest BCUT2D eigenvalue weighted by molar-refractivity contribution is 5.95. The highest BCUT2D eigenvalue weighted by Crippen LogP contribution is 2.26. The smallest absolute Gasteiger partial charge is 0.227 e. The van der Waals surface area contributed by atoms with Gasteiger partial charge in [0.15, 0.2) is 0 Å². The van der Waals surface area contributed by atoms with Gasteiger partial charge in [-0.1, -0.05) is 12.1 Å². The number of carbonyl (C=O) groups excluding carboxylic acids is 2. The number of nitrogens with one attached hydrogen (secondary N) is 1. The van der Waals surface area contributed by atoms with Gasteiger partial charge >= 0.3 is 0 Å². The molecule has 2 amide bonds. The molecule has 0 spiro atoms.